The minimum Gasteiger partial charge on any atom is -0.301 e. The van der Waals surface area contributed by atoms with Crippen LogP contribution in [0.5, 0.6) is 0 Å². The molecule has 3 heteroatoms. The highest BCUT2D eigenvalue weighted by Gasteiger charge is 2.11. The van der Waals surface area contributed by atoms with Crippen molar-refractivity contribution in [2.75, 3.05) is 0 Å². The van der Waals surface area contributed by atoms with Crippen LogP contribution in [0.1, 0.15) is 11.4 Å². The third kappa shape index (κ3) is 1.51. The summed E-state index contributed by atoms with van der Waals surface area (Å²) < 4.78 is 2.09. The molecule has 0 amide bonds. The van der Waals surface area contributed by atoms with Gasteiger partial charge in [0.25, 0.3) is 0 Å². The first-order valence-corrected chi connectivity index (χ1v) is 5.63. The summed E-state index contributed by atoms with van der Waals surface area (Å²) in [6.07, 6.45) is 3.77. The standard InChI is InChI=1S/C14H13N3/c1-10-14-16-13(12-6-4-3-5-7-12)11(2)17(14)9-8-15-10/h3-9H,1-2H3. The van der Waals surface area contributed by atoms with Crippen LogP contribution in [0, 0.1) is 13.8 Å². The Labute approximate surface area is 99.8 Å². The molecule has 0 atom stereocenters. The van der Waals surface area contributed by atoms with Crippen molar-refractivity contribution in [2.24, 2.45) is 0 Å². The molecule has 2 aromatic heterocycles. The van der Waals surface area contributed by atoms with Crippen LogP contribution in [0.3, 0.4) is 0 Å². The molecule has 1 aromatic carbocycles. The van der Waals surface area contributed by atoms with Crippen LogP contribution >= 0.6 is 0 Å². The molecule has 0 fully saturated rings. The van der Waals surface area contributed by atoms with Crippen molar-refractivity contribution >= 4 is 5.65 Å². The van der Waals surface area contributed by atoms with E-state index in [4.69, 9.17) is 0 Å². The Balaban J connectivity index is 2.32. The molecule has 0 bridgehead atoms. The SMILES string of the molecule is Cc1nccn2c(C)c(-c3ccccc3)nc12. The first kappa shape index (κ1) is 10.0. The van der Waals surface area contributed by atoms with Crippen molar-refractivity contribution in [3.63, 3.8) is 0 Å². The second-order valence-electron chi connectivity index (χ2n) is 4.12. The Morgan fingerprint density at radius 3 is 2.53 bits per heavy atom. The lowest BCUT2D eigenvalue weighted by Crippen LogP contribution is -1.91. The zero-order chi connectivity index (χ0) is 11.8. The highest BCUT2D eigenvalue weighted by Crippen LogP contribution is 2.23. The zero-order valence-corrected chi connectivity index (χ0v) is 9.88. The average Bonchev–Trinajstić information content (AvgIpc) is 2.70. The lowest BCUT2D eigenvalue weighted by molar-refractivity contribution is 1.04. The third-order valence-corrected chi connectivity index (χ3v) is 3.00. The maximum Gasteiger partial charge on any atom is 0.159 e. The molecule has 84 valence electrons. The topological polar surface area (TPSA) is 30.2 Å². The smallest absolute Gasteiger partial charge is 0.159 e. The Kier molecular flexibility index (Phi) is 2.18. The number of nitrogens with zero attached hydrogens (tertiary/aromatic N) is 3. The van der Waals surface area contributed by atoms with Crippen LogP contribution < -0.4 is 0 Å². The van der Waals surface area contributed by atoms with Gasteiger partial charge < -0.3 is 4.40 Å². The van der Waals surface area contributed by atoms with E-state index >= 15 is 0 Å². The summed E-state index contributed by atoms with van der Waals surface area (Å²) in [6.45, 7) is 4.07. The van der Waals surface area contributed by atoms with Gasteiger partial charge in [-0.15, -0.1) is 0 Å². The molecule has 0 aliphatic heterocycles. The van der Waals surface area contributed by atoms with Gasteiger partial charge in [0.15, 0.2) is 5.65 Å². The van der Waals surface area contributed by atoms with Crippen LogP contribution in [0.15, 0.2) is 42.7 Å². The third-order valence-electron chi connectivity index (χ3n) is 3.00. The van der Waals surface area contributed by atoms with Crippen molar-refractivity contribution in [1.82, 2.24) is 14.4 Å². The zero-order valence-electron chi connectivity index (χ0n) is 9.88. The van der Waals surface area contributed by atoms with Gasteiger partial charge >= 0.3 is 0 Å². The van der Waals surface area contributed by atoms with E-state index in [1.54, 1.807) is 0 Å². The Hall–Kier alpha value is -2.16. The van der Waals surface area contributed by atoms with Crippen LogP contribution in [-0.4, -0.2) is 14.4 Å². The normalized spacial score (nSPS) is 10.9. The Bertz CT molecular complexity index is 669. The fourth-order valence-corrected chi connectivity index (χ4v) is 2.09. The number of hydrogen-bond donors (Lipinski definition) is 0. The number of hydrogen-bond acceptors (Lipinski definition) is 2. The second kappa shape index (κ2) is 3.70. The fraction of sp³-hybridized carbons (Fsp3) is 0.143. The molecule has 17 heavy (non-hydrogen) atoms. The van der Waals surface area contributed by atoms with Crippen LogP contribution in [0.4, 0.5) is 0 Å². The highest BCUT2D eigenvalue weighted by molar-refractivity contribution is 5.66. The average molecular weight is 223 g/mol. The summed E-state index contributed by atoms with van der Waals surface area (Å²) in [5.41, 5.74) is 5.22. The van der Waals surface area contributed by atoms with Gasteiger partial charge in [-0.3, -0.25) is 4.98 Å². The molecule has 0 aliphatic carbocycles. The van der Waals surface area contributed by atoms with Crippen molar-refractivity contribution in [1.29, 1.82) is 0 Å². The van der Waals surface area contributed by atoms with Crippen LogP contribution in [0.2, 0.25) is 0 Å². The van der Waals surface area contributed by atoms with Gasteiger partial charge in [-0.05, 0) is 13.8 Å². The predicted octanol–water partition coefficient (Wildman–Crippen LogP) is 3.01. The van der Waals surface area contributed by atoms with Crippen molar-refractivity contribution in [3.8, 4) is 11.3 Å². The number of aromatic nitrogens is 3. The number of imidazole rings is 1. The molecule has 0 saturated carbocycles. The molecule has 3 aromatic rings. The van der Waals surface area contributed by atoms with E-state index in [1.807, 2.05) is 37.5 Å². The molecule has 0 aliphatic rings. The lowest BCUT2D eigenvalue weighted by atomic mass is 10.1. The second-order valence-corrected chi connectivity index (χ2v) is 4.12. The molecule has 3 rings (SSSR count). The number of benzene rings is 1. The summed E-state index contributed by atoms with van der Waals surface area (Å²) in [5, 5.41) is 0. The van der Waals surface area contributed by atoms with Gasteiger partial charge in [-0.25, -0.2) is 4.98 Å². The lowest BCUT2D eigenvalue weighted by Gasteiger charge is -1.98. The molecule has 0 spiro atoms. The van der Waals surface area contributed by atoms with Gasteiger partial charge in [0.2, 0.25) is 0 Å². The largest absolute Gasteiger partial charge is 0.301 e. The van der Waals surface area contributed by atoms with Crippen LogP contribution in [0.25, 0.3) is 16.9 Å². The van der Waals surface area contributed by atoms with E-state index < -0.39 is 0 Å². The van der Waals surface area contributed by atoms with E-state index in [0.29, 0.717) is 0 Å². The van der Waals surface area contributed by atoms with Gasteiger partial charge in [0, 0.05) is 23.7 Å². The molecule has 0 saturated heterocycles. The number of fused-ring (bicyclic) bond motifs is 1. The predicted molar refractivity (Wildman–Crippen MR) is 67.9 cm³/mol. The van der Waals surface area contributed by atoms with E-state index in [2.05, 4.69) is 33.4 Å². The summed E-state index contributed by atoms with van der Waals surface area (Å²) in [6, 6.07) is 10.2. The van der Waals surface area contributed by atoms with E-state index in [0.717, 1.165) is 28.3 Å². The number of rotatable bonds is 1. The molecule has 3 nitrogen and oxygen atoms in total. The van der Waals surface area contributed by atoms with Crippen molar-refractivity contribution < 1.29 is 0 Å². The van der Waals surface area contributed by atoms with Gasteiger partial charge in [0.05, 0.1) is 11.4 Å². The Morgan fingerprint density at radius 1 is 1.06 bits per heavy atom. The van der Waals surface area contributed by atoms with E-state index in [-0.39, 0.29) is 0 Å². The van der Waals surface area contributed by atoms with Crippen molar-refractivity contribution in [2.45, 2.75) is 13.8 Å². The molecule has 0 N–H and O–H groups in total. The van der Waals surface area contributed by atoms with Gasteiger partial charge in [0.1, 0.15) is 0 Å². The summed E-state index contributed by atoms with van der Waals surface area (Å²) >= 11 is 0. The minimum absolute atomic E-state index is 0.934. The Morgan fingerprint density at radius 2 is 1.82 bits per heavy atom. The quantitative estimate of drug-likeness (QED) is 0.634. The van der Waals surface area contributed by atoms with Gasteiger partial charge in [-0.1, -0.05) is 30.3 Å². The fourth-order valence-electron chi connectivity index (χ4n) is 2.09. The highest BCUT2D eigenvalue weighted by atomic mass is 15.0. The first-order valence-electron chi connectivity index (χ1n) is 5.63. The minimum atomic E-state index is 0.934. The number of aryl methyl sites for hydroxylation is 2. The molecule has 0 unspecified atom stereocenters. The monoisotopic (exact) mass is 223 g/mol. The summed E-state index contributed by atoms with van der Waals surface area (Å²) in [5.74, 6) is 0. The van der Waals surface area contributed by atoms with E-state index in [9.17, 15) is 0 Å². The molecule has 0 radical (unpaired) electrons. The van der Waals surface area contributed by atoms with E-state index in [1.165, 1.54) is 0 Å². The molecule has 2 heterocycles. The maximum absolute atomic E-state index is 4.68. The maximum atomic E-state index is 4.68. The molecular formula is C14H13N3. The molecular weight excluding hydrogens is 210 g/mol. The van der Waals surface area contributed by atoms with Crippen LogP contribution in [-0.2, 0) is 0 Å². The summed E-state index contributed by atoms with van der Waals surface area (Å²) in [4.78, 5) is 8.95. The summed E-state index contributed by atoms with van der Waals surface area (Å²) in [7, 11) is 0. The van der Waals surface area contributed by atoms with Crippen molar-refractivity contribution in [3.05, 3.63) is 54.1 Å². The van der Waals surface area contributed by atoms with Gasteiger partial charge in [-0.2, -0.15) is 0 Å². The first-order chi connectivity index (χ1) is 8.27.